The average molecular weight is 245 g/mol. The molecular formula is C14H15NOS. The molecule has 17 heavy (non-hydrogen) atoms. The highest BCUT2D eigenvalue weighted by Crippen LogP contribution is 2.03. The highest BCUT2D eigenvalue weighted by atomic mass is 32.2. The second kappa shape index (κ2) is 6.33. The normalized spacial score (nSPS) is 12.2. The fourth-order valence-corrected chi connectivity index (χ4v) is 2.46. The van der Waals surface area contributed by atoms with E-state index in [1.165, 1.54) is 0 Å². The van der Waals surface area contributed by atoms with E-state index in [0.717, 1.165) is 11.1 Å². The molecule has 0 aliphatic carbocycles. The lowest BCUT2D eigenvalue weighted by atomic mass is 10.2. The van der Waals surface area contributed by atoms with Crippen molar-refractivity contribution in [3.8, 4) is 0 Å². The SMILES string of the molecule is O=S(Cc1ccccc1)NCc1ccccc1. The van der Waals surface area contributed by atoms with Gasteiger partial charge < -0.3 is 0 Å². The second-order valence-electron chi connectivity index (χ2n) is 3.78. The second-order valence-corrected chi connectivity index (χ2v) is 5.05. The molecule has 2 aromatic carbocycles. The van der Waals surface area contributed by atoms with Crippen LogP contribution in [0.25, 0.3) is 0 Å². The maximum absolute atomic E-state index is 11.8. The molecule has 0 saturated heterocycles. The van der Waals surface area contributed by atoms with Crippen LogP contribution >= 0.6 is 0 Å². The summed E-state index contributed by atoms with van der Waals surface area (Å²) in [6.07, 6.45) is 0. The Morgan fingerprint density at radius 1 is 0.824 bits per heavy atom. The van der Waals surface area contributed by atoms with Gasteiger partial charge in [-0.1, -0.05) is 60.7 Å². The van der Waals surface area contributed by atoms with E-state index in [9.17, 15) is 4.21 Å². The zero-order valence-corrected chi connectivity index (χ0v) is 10.3. The summed E-state index contributed by atoms with van der Waals surface area (Å²) < 4.78 is 14.8. The Kier molecular flexibility index (Phi) is 4.47. The minimum atomic E-state index is -1.02. The average Bonchev–Trinajstić information content (AvgIpc) is 2.39. The third-order valence-electron chi connectivity index (χ3n) is 2.42. The van der Waals surface area contributed by atoms with Crippen LogP contribution in [0.5, 0.6) is 0 Å². The summed E-state index contributed by atoms with van der Waals surface area (Å²) in [6, 6.07) is 19.8. The van der Waals surface area contributed by atoms with Gasteiger partial charge in [0.05, 0.1) is 16.7 Å². The van der Waals surface area contributed by atoms with Crippen LogP contribution in [0, 0.1) is 0 Å². The number of benzene rings is 2. The van der Waals surface area contributed by atoms with Crippen LogP contribution in [0.2, 0.25) is 0 Å². The van der Waals surface area contributed by atoms with Crippen LogP contribution in [0.4, 0.5) is 0 Å². The minimum absolute atomic E-state index is 0.549. The molecule has 3 heteroatoms. The van der Waals surface area contributed by atoms with Crippen molar-refractivity contribution in [2.75, 3.05) is 0 Å². The van der Waals surface area contributed by atoms with Gasteiger partial charge in [-0.15, -0.1) is 0 Å². The van der Waals surface area contributed by atoms with Gasteiger partial charge in [0, 0.05) is 6.54 Å². The van der Waals surface area contributed by atoms with Crippen molar-refractivity contribution in [1.82, 2.24) is 4.72 Å². The Bertz CT molecular complexity index is 470. The topological polar surface area (TPSA) is 29.1 Å². The zero-order valence-electron chi connectivity index (χ0n) is 9.50. The molecule has 2 nitrogen and oxygen atoms in total. The maximum atomic E-state index is 11.8. The van der Waals surface area contributed by atoms with E-state index in [4.69, 9.17) is 0 Å². The first-order valence-corrected chi connectivity index (χ1v) is 6.86. The number of nitrogens with one attached hydrogen (secondary N) is 1. The van der Waals surface area contributed by atoms with E-state index in [1.54, 1.807) is 0 Å². The third-order valence-corrected chi connectivity index (χ3v) is 3.48. The fourth-order valence-electron chi connectivity index (χ4n) is 1.54. The Labute approximate surface area is 104 Å². The van der Waals surface area contributed by atoms with Gasteiger partial charge in [-0.3, -0.25) is 0 Å². The predicted octanol–water partition coefficient (Wildman–Crippen LogP) is 2.64. The molecule has 2 aromatic rings. The minimum Gasteiger partial charge on any atom is -0.243 e. The fraction of sp³-hybridized carbons (Fsp3) is 0.143. The zero-order chi connectivity index (χ0) is 11.9. The first-order chi connectivity index (χ1) is 8.34. The van der Waals surface area contributed by atoms with E-state index in [-0.39, 0.29) is 0 Å². The Hall–Kier alpha value is -1.45. The molecule has 0 saturated carbocycles. The third kappa shape index (κ3) is 4.13. The summed E-state index contributed by atoms with van der Waals surface area (Å²) >= 11 is 0. The first kappa shape index (κ1) is 12.0. The number of hydrogen-bond acceptors (Lipinski definition) is 1. The van der Waals surface area contributed by atoms with Crippen LogP contribution in [-0.4, -0.2) is 4.21 Å². The molecule has 0 bridgehead atoms. The highest BCUT2D eigenvalue weighted by molar-refractivity contribution is 7.82. The van der Waals surface area contributed by atoms with Crippen LogP contribution < -0.4 is 4.72 Å². The summed E-state index contributed by atoms with van der Waals surface area (Å²) in [5.74, 6) is 0.549. The summed E-state index contributed by atoms with van der Waals surface area (Å²) in [5.41, 5.74) is 2.24. The van der Waals surface area contributed by atoms with Gasteiger partial charge in [0.2, 0.25) is 0 Å². The van der Waals surface area contributed by atoms with Crippen LogP contribution in [0.3, 0.4) is 0 Å². The maximum Gasteiger partial charge on any atom is 0.0963 e. The highest BCUT2D eigenvalue weighted by Gasteiger charge is 2.00. The largest absolute Gasteiger partial charge is 0.243 e. The Morgan fingerprint density at radius 2 is 1.35 bits per heavy atom. The summed E-state index contributed by atoms with van der Waals surface area (Å²) in [4.78, 5) is 0. The summed E-state index contributed by atoms with van der Waals surface area (Å²) in [7, 11) is -1.02. The molecule has 0 spiro atoms. The van der Waals surface area contributed by atoms with E-state index < -0.39 is 11.0 Å². The van der Waals surface area contributed by atoms with Crippen molar-refractivity contribution in [2.24, 2.45) is 0 Å². The molecular weight excluding hydrogens is 230 g/mol. The molecule has 0 amide bonds. The van der Waals surface area contributed by atoms with E-state index in [0.29, 0.717) is 12.3 Å². The van der Waals surface area contributed by atoms with Crippen LogP contribution in [0.15, 0.2) is 60.7 Å². The van der Waals surface area contributed by atoms with Crippen molar-refractivity contribution < 1.29 is 4.21 Å². The van der Waals surface area contributed by atoms with Gasteiger partial charge in [-0.25, -0.2) is 8.93 Å². The molecule has 0 aromatic heterocycles. The lowest BCUT2D eigenvalue weighted by molar-refractivity contribution is 0.671. The monoisotopic (exact) mass is 245 g/mol. The quantitative estimate of drug-likeness (QED) is 0.862. The van der Waals surface area contributed by atoms with Crippen molar-refractivity contribution in [3.05, 3.63) is 71.8 Å². The van der Waals surface area contributed by atoms with Crippen molar-refractivity contribution in [2.45, 2.75) is 12.3 Å². The molecule has 0 fully saturated rings. The number of hydrogen-bond donors (Lipinski definition) is 1. The van der Waals surface area contributed by atoms with Gasteiger partial charge >= 0.3 is 0 Å². The lowest BCUT2D eigenvalue weighted by Crippen LogP contribution is -2.18. The van der Waals surface area contributed by atoms with Crippen molar-refractivity contribution in [1.29, 1.82) is 0 Å². The van der Waals surface area contributed by atoms with Gasteiger partial charge in [0.25, 0.3) is 0 Å². The smallest absolute Gasteiger partial charge is 0.0963 e. The molecule has 1 N–H and O–H groups in total. The summed E-state index contributed by atoms with van der Waals surface area (Å²) in [6.45, 7) is 0.639. The van der Waals surface area contributed by atoms with E-state index in [2.05, 4.69) is 4.72 Å². The predicted molar refractivity (Wildman–Crippen MR) is 71.6 cm³/mol. The molecule has 1 atom stereocenters. The van der Waals surface area contributed by atoms with Gasteiger partial charge in [0.15, 0.2) is 0 Å². The van der Waals surface area contributed by atoms with Crippen molar-refractivity contribution >= 4 is 11.0 Å². The summed E-state index contributed by atoms with van der Waals surface area (Å²) in [5, 5.41) is 0. The molecule has 88 valence electrons. The molecule has 0 aliphatic heterocycles. The molecule has 0 radical (unpaired) electrons. The Balaban J connectivity index is 1.83. The molecule has 0 aliphatic rings. The van der Waals surface area contributed by atoms with Gasteiger partial charge in [0.1, 0.15) is 0 Å². The van der Waals surface area contributed by atoms with E-state index in [1.807, 2.05) is 60.7 Å². The van der Waals surface area contributed by atoms with Gasteiger partial charge in [-0.05, 0) is 11.1 Å². The molecule has 0 heterocycles. The van der Waals surface area contributed by atoms with Crippen LogP contribution in [-0.2, 0) is 23.3 Å². The van der Waals surface area contributed by atoms with Crippen molar-refractivity contribution in [3.63, 3.8) is 0 Å². The van der Waals surface area contributed by atoms with Crippen LogP contribution in [0.1, 0.15) is 11.1 Å². The standard InChI is InChI=1S/C14H15NOS/c16-17(12-14-9-5-2-6-10-14)15-11-13-7-3-1-4-8-13/h1-10,15H,11-12H2. The molecule has 2 rings (SSSR count). The number of rotatable bonds is 5. The Morgan fingerprint density at radius 3 is 1.94 bits per heavy atom. The molecule has 1 unspecified atom stereocenters. The van der Waals surface area contributed by atoms with Gasteiger partial charge in [-0.2, -0.15) is 0 Å². The first-order valence-electron chi connectivity index (χ1n) is 5.54. The lowest BCUT2D eigenvalue weighted by Gasteiger charge is -2.04. The van der Waals surface area contributed by atoms with E-state index >= 15 is 0 Å².